The van der Waals surface area contributed by atoms with Gasteiger partial charge in [-0.15, -0.1) is 0 Å². The molecule has 4 heteroatoms. The zero-order valence-corrected chi connectivity index (χ0v) is 17.7. The predicted molar refractivity (Wildman–Crippen MR) is 117 cm³/mol. The third kappa shape index (κ3) is 3.85. The zero-order valence-electron chi connectivity index (χ0n) is 17.7. The fraction of sp³-hybridized carbons (Fsp3) is 0.458. The molecule has 0 spiro atoms. The Bertz CT molecular complexity index is 948. The van der Waals surface area contributed by atoms with Crippen LogP contribution in [0.25, 0.3) is 22.0 Å². The molecule has 0 radical (unpaired) electrons. The Labute approximate surface area is 168 Å². The van der Waals surface area contributed by atoms with Gasteiger partial charge in [0.1, 0.15) is 0 Å². The lowest BCUT2D eigenvalue weighted by molar-refractivity contribution is 0.0777. The molecule has 1 saturated heterocycles. The minimum absolute atomic E-state index is 0.148. The maximum Gasteiger partial charge on any atom is 0.0701 e. The van der Waals surface area contributed by atoms with Crippen LogP contribution in [0.4, 0.5) is 0 Å². The normalized spacial score (nSPS) is 19.4. The molecule has 0 bridgehead atoms. The Morgan fingerprint density at radius 2 is 1.68 bits per heavy atom. The number of hydrogen-bond donors (Lipinski definition) is 2. The molecule has 4 rings (SSSR count). The number of aromatic amines is 1. The molecule has 2 heterocycles. The Balaban J connectivity index is 1.61. The lowest BCUT2D eigenvalue weighted by atomic mass is 9.79. The van der Waals surface area contributed by atoms with Crippen molar-refractivity contribution in [3.8, 4) is 11.3 Å². The van der Waals surface area contributed by atoms with Crippen LogP contribution in [0.3, 0.4) is 0 Å². The van der Waals surface area contributed by atoms with Gasteiger partial charge in [-0.25, -0.2) is 0 Å². The molecule has 0 amide bonds. The van der Waals surface area contributed by atoms with Gasteiger partial charge in [0.25, 0.3) is 0 Å². The highest BCUT2D eigenvalue weighted by molar-refractivity contribution is 5.96. The number of H-pyrrole nitrogens is 1. The van der Waals surface area contributed by atoms with Crippen LogP contribution in [-0.2, 0) is 6.54 Å². The van der Waals surface area contributed by atoms with Gasteiger partial charge >= 0.3 is 0 Å². The third-order valence-electron chi connectivity index (χ3n) is 5.99. The van der Waals surface area contributed by atoms with Crippen molar-refractivity contribution in [3.63, 3.8) is 0 Å². The summed E-state index contributed by atoms with van der Waals surface area (Å²) < 4.78 is 0. The number of piperidine rings is 1. The molecule has 3 aromatic rings. The topological polar surface area (TPSA) is 44.0 Å². The minimum atomic E-state index is 0.148. The molecule has 0 saturated carbocycles. The summed E-state index contributed by atoms with van der Waals surface area (Å²) in [5.74, 6) is 0. The number of nitrogens with zero attached hydrogens (tertiary/aromatic N) is 2. The van der Waals surface area contributed by atoms with Crippen molar-refractivity contribution in [2.75, 3.05) is 7.05 Å². The van der Waals surface area contributed by atoms with E-state index in [1.54, 1.807) is 0 Å². The van der Waals surface area contributed by atoms with Gasteiger partial charge in [-0.2, -0.15) is 5.10 Å². The van der Waals surface area contributed by atoms with Crippen molar-refractivity contribution in [1.82, 2.24) is 20.4 Å². The largest absolute Gasteiger partial charge is 0.307 e. The van der Waals surface area contributed by atoms with Crippen LogP contribution in [0.2, 0.25) is 0 Å². The maximum absolute atomic E-state index is 4.40. The van der Waals surface area contributed by atoms with Crippen LogP contribution >= 0.6 is 0 Å². The molecule has 0 atom stereocenters. The average Bonchev–Trinajstić information content (AvgIpc) is 3.06. The van der Waals surface area contributed by atoms with E-state index < -0.39 is 0 Å². The van der Waals surface area contributed by atoms with Gasteiger partial charge in [0.05, 0.1) is 11.9 Å². The lowest BCUT2D eigenvalue weighted by Gasteiger charge is -2.49. The fourth-order valence-corrected chi connectivity index (χ4v) is 5.09. The summed E-state index contributed by atoms with van der Waals surface area (Å²) in [5, 5.41) is 14.0. The monoisotopic (exact) mass is 376 g/mol. The second kappa shape index (κ2) is 7.02. The predicted octanol–water partition coefficient (Wildman–Crippen LogP) is 4.97. The van der Waals surface area contributed by atoms with Crippen LogP contribution in [0.1, 0.15) is 46.1 Å². The van der Waals surface area contributed by atoms with E-state index in [9.17, 15) is 0 Å². The van der Waals surface area contributed by atoms with Gasteiger partial charge < -0.3 is 5.32 Å². The number of hydrogen-bond acceptors (Lipinski definition) is 3. The molecule has 1 aromatic heterocycles. The molecule has 2 aromatic carbocycles. The number of benzene rings is 2. The molecule has 1 aliphatic rings. The van der Waals surface area contributed by atoms with Crippen LogP contribution in [-0.4, -0.2) is 39.3 Å². The molecule has 0 unspecified atom stereocenters. The molecular formula is C24H32N4. The van der Waals surface area contributed by atoms with Crippen molar-refractivity contribution < 1.29 is 0 Å². The van der Waals surface area contributed by atoms with Crippen LogP contribution < -0.4 is 5.32 Å². The molecule has 2 N–H and O–H groups in total. The first kappa shape index (κ1) is 19.2. The van der Waals surface area contributed by atoms with Gasteiger partial charge in [0.2, 0.25) is 0 Å². The van der Waals surface area contributed by atoms with E-state index in [0.29, 0.717) is 6.04 Å². The van der Waals surface area contributed by atoms with Crippen molar-refractivity contribution in [2.24, 2.45) is 0 Å². The summed E-state index contributed by atoms with van der Waals surface area (Å²) in [5.41, 5.74) is 3.92. The third-order valence-corrected chi connectivity index (χ3v) is 5.99. The van der Waals surface area contributed by atoms with Crippen LogP contribution in [0.5, 0.6) is 0 Å². The summed E-state index contributed by atoms with van der Waals surface area (Å²) in [6.45, 7) is 10.1. The van der Waals surface area contributed by atoms with Crippen LogP contribution in [0, 0.1) is 0 Å². The van der Waals surface area contributed by atoms with Gasteiger partial charge in [0.15, 0.2) is 0 Å². The van der Waals surface area contributed by atoms with E-state index in [1.807, 2.05) is 6.20 Å². The number of fused-ring (bicyclic) bond motifs is 1. The van der Waals surface area contributed by atoms with Crippen molar-refractivity contribution in [3.05, 3.63) is 54.2 Å². The highest BCUT2D eigenvalue weighted by Gasteiger charge is 2.39. The molecule has 1 fully saturated rings. The first-order valence-electron chi connectivity index (χ1n) is 10.2. The highest BCUT2D eigenvalue weighted by Crippen LogP contribution is 2.33. The Kier molecular flexibility index (Phi) is 4.80. The smallest absolute Gasteiger partial charge is 0.0701 e. The Hall–Kier alpha value is -2.17. The second-order valence-electron chi connectivity index (χ2n) is 9.67. The maximum atomic E-state index is 4.40. The van der Waals surface area contributed by atoms with Gasteiger partial charge in [0, 0.05) is 34.8 Å². The van der Waals surface area contributed by atoms with Gasteiger partial charge in [-0.05, 0) is 58.4 Å². The summed E-state index contributed by atoms with van der Waals surface area (Å²) in [4.78, 5) is 2.50. The first-order valence-corrected chi connectivity index (χ1v) is 10.2. The summed E-state index contributed by atoms with van der Waals surface area (Å²) in [6.07, 6.45) is 4.29. The quantitative estimate of drug-likeness (QED) is 0.675. The SMILES string of the molecule is CN(Cc1cn[nH]c1-c1cccc2ccccc12)C1CC(C)(C)NC(C)(C)C1. The zero-order chi connectivity index (χ0) is 19.9. The summed E-state index contributed by atoms with van der Waals surface area (Å²) in [6, 6.07) is 15.6. The molecule has 4 nitrogen and oxygen atoms in total. The van der Waals surface area contributed by atoms with Crippen molar-refractivity contribution >= 4 is 10.8 Å². The lowest BCUT2D eigenvalue weighted by Crippen LogP contribution is -2.61. The Morgan fingerprint density at radius 3 is 2.43 bits per heavy atom. The number of aromatic nitrogens is 2. The molecule has 148 valence electrons. The minimum Gasteiger partial charge on any atom is -0.307 e. The van der Waals surface area contributed by atoms with Crippen molar-refractivity contribution in [2.45, 2.75) is 64.2 Å². The second-order valence-corrected chi connectivity index (χ2v) is 9.67. The molecule has 28 heavy (non-hydrogen) atoms. The van der Waals surface area contributed by atoms with E-state index in [-0.39, 0.29) is 11.1 Å². The molecular weight excluding hydrogens is 344 g/mol. The van der Waals surface area contributed by atoms with Crippen LogP contribution in [0.15, 0.2) is 48.7 Å². The average molecular weight is 377 g/mol. The highest BCUT2D eigenvalue weighted by atomic mass is 15.2. The number of nitrogens with one attached hydrogen (secondary N) is 2. The van der Waals surface area contributed by atoms with E-state index >= 15 is 0 Å². The first-order chi connectivity index (χ1) is 13.2. The van der Waals surface area contributed by atoms with Gasteiger partial charge in [-0.3, -0.25) is 10.00 Å². The molecule has 0 aliphatic carbocycles. The standard InChI is InChI=1S/C24H32N4/c1-23(2)13-19(14-24(3,4)27-23)28(5)16-18-15-25-26-22(18)21-12-8-10-17-9-6-7-11-20(17)21/h6-12,15,19,27H,13-14,16H2,1-5H3,(H,25,26). The summed E-state index contributed by atoms with van der Waals surface area (Å²) >= 11 is 0. The summed E-state index contributed by atoms with van der Waals surface area (Å²) in [7, 11) is 2.25. The molecule has 1 aliphatic heterocycles. The van der Waals surface area contributed by atoms with E-state index in [2.05, 4.69) is 97.6 Å². The van der Waals surface area contributed by atoms with Crippen molar-refractivity contribution in [1.29, 1.82) is 0 Å². The van der Waals surface area contributed by atoms with E-state index in [0.717, 1.165) is 25.1 Å². The van der Waals surface area contributed by atoms with E-state index in [4.69, 9.17) is 0 Å². The number of rotatable bonds is 4. The van der Waals surface area contributed by atoms with Gasteiger partial charge in [-0.1, -0.05) is 42.5 Å². The Morgan fingerprint density at radius 1 is 1.00 bits per heavy atom. The van der Waals surface area contributed by atoms with E-state index in [1.165, 1.54) is 21.9 Å². The fourth-order valence-electron chi connectivity index (χ4n) is 5.09.